The van der Waals surface area contributed by atoms with Gasteiger partial charge in [0.05, 0.1) is 33.0 Å². The summed E-state index contributed by atoms with van der Waals surface area (Å²) in [5, 5.41) is 9.49. The molecule has 5 nitrogen and oxygen atoms in total. The number of rotatable bonds is 13. The first-order valence-corrected chi connectivity index (χ1v) is 7.48. The van der Waals surface area contributed by atoms with Crippen molar-refractivity contribution in [3.63, 3.8) is 0 Å². The summed E-state index contributed by atoms with van der Waals surface area (Å²) in [6.07, 6.45) is 2.25. The van der Waals surface area contributed by atoms with Gasteiger partial charge in [0.1, 0.15) is 6.61 Å². The number of benzene rings is 1. The second kappa shape index (κ2) is 12.4. The summed E-state index contributed by atoms with van der Waals surface area (Å²) >= 11 is 0. The normalized spacial score (nSPS) is 10.7. The van der Waals surface area contributed by atoms with Gasteiger partial charge in [-0.3, -0.25) is 0 Å². The van der Waals surface area contributed by atoms with Gasteiger partial charge in [0.2, 0.25) is 0 Å². The minimum Gasteiger partial charge on any atom is -0.504 e. The van der Waals surface area contributed by atoms with Crippen molar-refractivity contribution >= 4 is 0 Å². The highest BCUT2D eigenvalue weighted by atomic mass is 16.6. The molecule has 0 saturated heterocycles. The Morgan fingerprint density at radius 1 is 0.810 bits per heavy atom. The molecule has 1 aromatic carbocycles. The Morgan fingerprint density at radius 3 is 2.00 bits per heavy atom. The van der Waals surface area contributed by atoms with E-state index in [2.05, 4.69) is 6.92 Å². The van der Waals surface area contributed by atoms with E-state index in [-0.39, 0.29) is 5.75 Å². The summed E-state index contributed by atoms with van der Waals surface area (Å²) in [5.41, 5.74) is 0. The van der Waals surface area contributed by atoms with E-state index in [0.29, 0.717) is 45.4 Å². The van der Waals surface area contributed by atoms with Gasteiger partial charge in [-0.25, -0.2) is 0 Å². The SMILES string of the molecule is CCCCOCCOCCOCCOc1ccccc1O. The molecule has 0 aliphatic heterocycles. The summed E-state index contributed by atoms with van der Waals surface area (Å²) in [7, 11) is 0. The quantitative estimate of drug-likeness (QED) is 0.567. The molecule has 1 aromatic rings. The molecule has 0 aliphatic carbocycles. The molecular formula is C16H26O5. The third-order valence-corrected chi connectivity index (χ3v) is 2.74. The summed E-state index contributed by atoms with van der Waals surface area (Å²) in [6.45, 7) is 6.12. The monoisotopic (exact) mass is 298 g/mol. The Bertz CT molecular complexity index is 356. The Balaban J connectivity index is 1.84. The van der Waals surface area contributed by atoms with Gasteiger partial charge in [-0.05, 0) is 18.6 Å². The molecule has 0 heterocycles. The van der Waals surface area contributed by atoms with E-state index >= 15 is 0 Å². The highest BCUT2D eigenvalue weighted by Crippen LogP contribution is 2.23. The van der Waals surface area contributed by atoms with Gasteiger partial charge in [-0.1, -0.05) is 25.5 Å². The molecule has 0 aliphatic rings. The van der Waals surface area contributed by atoms with Gasteiger partial charge < -0.3 is 24.1 Å². The number of unbranched alkanes of at least 4 members (excludes halogenated alkanes) is 1. The Hall–Kier alpha value is -1.30. The topological polar surface area (TPSA) is 57.2 Å². The van der Waals surface area contributed by atoms with Crippen LogP contribution in [0.1, 0.15) is 19.8 Å². The molecule has 0 atom stereocenters. The van der Waals surface area contributed by atoms with Crippen molar-refractivity contribution in [2.45, 2.75) is 19.8 Å². The molecule has 1 N–H and O–H groups in total. The molecule has 21 heavy (non-hydrogen) atoms. The molecule has 0 spiro atoms. The second-order valence-electron chi connectivity index (χ2n) is 4.51. The van der Waals surface area contributed by atoms with Gasteiger partial charge in [-0.2, -0.15) is 0 Å². The van der Waals surface area contributed by atoms with Crippen molar-refractivity contribution in [2.24, 2.45) is 0 Å². The number of phenolic OH excluding ortho intramolecular Hbond substituents is 1. The predicted molar refractivity (Wildman–Crippen MR) is 81.0 cm³/mol. The average Bonchev–Trinajstić information content (AvgIpc) is 2.50. The molecule has 0 radical (unpaired) electrons. The Kier molecular flexibility index (Phi) is 10.5. The fourth-order valence-corrected chi connectivity index (χ4v) is 1.58. The molecule has 120 valence electrons. The molecule has 0 amide bonds. The highest BCUT2D eigenvalue weighted by molar-refractivity contribution is 5.37. The van der Waals surface area contributed by atoms with Crippen LogP contribution in [0.25, 0.3) is 0 Å². The van der Waals surface area contributed by atoms with Gasteiger partial charge in [0.25, 0.3) is 0 Å². The van der Waals surface area contributed by atoms with Crippen LogP contribution in [-0.4, -0.2) is 51.4 Å². The fourth-order valence-electron chi connectivity index (χ4n) is 1.58. The molecule has 0 unspecified atom stereocenters. The van der Waals surface area contributed by atoms with Gasteiger partial charge in [0.15, 0.2) is 11.5 Å². The zero-order valence-corrected chi connectivity index (χ0v) is 12.8. The first-order chi connectivity index (χ1) is 10.3. The summed E-state index contributed by atoms with van der Waals surface area (Å²) in [6, 6.07) is 6.87. The van der Waals surface area contributed by atoms with Crippen LogP contribution in [0.5, 0.6) is 11.5 Å². The maximum absolute atomic E-state index is 9.49. The molecule has 0 fully saturated rings. The van der Waals surface area contributed by atoms with E-state index < -0.39 is 0 Å². The van der Waals surface area contributed by atoms with E-state index in [1.807, 2.05) is 6.07 Å². The number of hydrogen-bond acceptors (Lipinski definition) is 5. The maximum atomic E-state index is 9.49. The lowest BCUT2D eigenvalue weighted by molar-refractivity contribution is 0.00884. The largest absolute Gasteiger partial charge is 0.504 e. The van der Waals surface area contributed by atoms with E-state index in [1.54, 1.807) is 18.2 Å². The Labute approximate surface area is 126 Å². The minimum atomic E-state index is 0.143. The van der Waals surface area contributed by atoms with Crippen LogP contribution in [0, 0.1) is 0 Å². The zero-order valence-electron chi connectivity index (χ0n) is 12.8. The lowest BCUT2D eigenvalue weighted by atomic mass is 10.3. The number of aromatic hydroxyl groups is 1. The minimum absolute atomic E-state index is 0.143. The van der Waals surface area contributed by atoms with Crippen LogP contribution in [0.4, 0.5) is 0 Å². The zero-order chi connectivity index (χ0) is 15.2. The molecule has 0 aromatic heterocycles. The van der Waals surface area contributed by atoms with Crippen LogP contribution in [0.2, 0.25) is 0 Å². The molecule has 0 saturated carbocycles. The number of ether oxygens (including phenoxy) is 4. The maximum Gasteiger partial charge on any atom is 0.161 e. The smallest absolute Gasteiger partial charge is 0.161 e. The second-order valence-corrected chi connectivity index (χ2v) is 4.51. The summed E-state index contributed by atoms with van der Waals surface area (Å²) in [4.78, 5) is 0. The first kappa shape index (κ1) is 17.8. The highest BCUT2D eigenvalue weighted by Gasteiger charge is 1.99. The van der Waals surface area contributed by atoms with Gasteiger partial charge in [-0.15, -0.1) is 0 Å². The molecule has 5 heteroatoms. The first-order valence-electron chi connectivity index (χ1n) is 7.48. The summed E-state index contributed by atoms with van der Waals surface area (Å²) < 4.78 is 21.5. The van der Waals surface area contributed by atoms with E-state index in [4.69, 9.17) is 18.9 Å². The molecular weight excluding hydrogens is 272 g/mol. The van der Waals surface area contributed by atoms with Crippen molar-refractivity contribution in [3.8, 4) is 11.5 Å². The third-order valence-electron chi connectivity index (χ3n) is 2.74. The summed E-state index contributed by atoms with van der Waals surface area (Å²) in [5.74, 6) is 0.616. The number of hydrogen-bond donors (Lipinski definition) is 1. The van der Waals surface area contributed by atoms with Crippen molar-refractivity contribution in [1.82, 2.24) is 0 Å². The third kappa shape index (κ3) is 9.28. The Morgan fingerprint density at radius 2 is 1.38 bits per heavy atom. The van der Waals surface area contributed by atoms with Crippen LogP contribution >= 0.6 is 0 Å². The molecule has 0 bridgehead atoms. The standard InChI is InChI=1S/C16H26O5/c1-2-3-8-18-9-10-19-11-12-20-13-14-21-16-7-5-4-6-15(16)17/h4-7,17H,2-3,8-14H2,1H3. The number of para-hydroxylation sites is 2. The number of phenols is 1. The van der Waals surface area contributed by atoms with Crippen LogP contribution in [0.15, 0.2) is 24.3 Å². The van der Waals surface area contributed by atoms with Crippen molar-refractivity contribution in [2.75, 3.05) is 46.2 Å². The average molecular weight is 298 g/mol. The van der Waals surface area contributed by atoms with Gasteiger partial charge >= 0.3 is 0 Å². The van der Waals surface area contributed by atoms with E-state index in [1.165, 1.54) is 0 Å². The fraction of sp³-hybridized carbons (Fsp3) is 0.625. The van der Waals surface area contributed by atoms with Crippen molar-refractivity contribution in [1.29, 1.82) is 0 Å². The van der Waals surface area contributed by atoms with Crippen LogP contribution in [-0.2, 0) is 14.2 Å². The van der Waals surface area contributed by atoms with E-state index in [9.17, 15) is 5.11 Å². The van der Waals surface area contributed by atoms with E-state index in [0.717, 1.165) is 19.4 Å². The van der Waals surface area contributed by atoms with Crippen LogP contribution < -0.4 is 4.74 Å². The van der Waals surface area contributed by atoms with Gasteiger partial charge in [0, 0.05) is 6.61 Å². The van der Waals surface area contributed by atoms with Crippen LogP contribution in [0.3, 0.4) is 0 Å². The van der Waals surface area contributed by atoms with Crippen molar-refractivity contribution in [3.05, 3.63) is 24.3 Å². The lowest BCUT2D eigenvalue weighted by Gasteiger charge is -2.09. The predicted octanol–water partition coefficient (Wildman–Crippen LogP) is 2.62. The molecule has 1 rings (SSSR count). The lowest BCUT2D eigenvalue weighted by Crippen LogP contribution is -2.13. The van der Waals surface area contributed by atoms with Crippen molar-refractivity contribution < 1.29 is 24.1 Å².